The monoisotopic (exact) mass is 321 g/mol. The molecule has 2 aromatic heterocycles. The van der Waals surface area contributed by atoms with Crippen LogP contribution in [0.25, 0.3) is 10.9 Å². The van der Waals surface area contributed by atoms with E-state index in [1.807, 2.05) is 30.5 Å². The van der Waals surface area contributed by atoms with Crippen LogP contribution in [-0.4, -0.2) is 10.9 Å². The molecule has 0 aliphatic heterocycles. The molecular formula is C18H15N3OS. The second-order valence-corrected chi connectivity index (χ2v) is 6.86. The summed E-state index contributed by atoms with van der Waals surface area (Å²) in [5.41, 5.74) is 3.80. The van der Waals surface area contributed by atoms with Gasteiger partial charge in [-0.3, -0.25) is 4.79 Å². The molecule has 0 unspecified atom stereocenters. The van der Waals surface area contributed by atoms with E-state index in [0.29, 0.717) is 17.0 Å². The van der Waals surface area contributed by atoms with Crippen molar-refractivity contribution in [2.75, 3.05) is 5.32 Å². The first-order chi connectivity index (χ1) is 11.3. The molecule has 0 radical (unpaired) electrons. The fourth-order valence-electron chi connectivity index (χ4n) is 3.23. The maximum atomic E-state index is 12.4. The van der Waals surface area contributed by atoms with Gasteiger partial charge in [-0.15, -0.1) is 11.3 Å². The zero-order valence-electron chi connectivity index (χ0n) is 12.5. The van der Waals surface area contributed by atoms with Gasteiger partial charge >= 0.3 is 0 Å². The molecule has 2 heterocycles. The molecule has 0 atom stereocenters. The summed E-state index contributed by atoms with van der Waals surface area (Å²) in [5, 5.41) is 14.1. The molecule has 4 rings (SSSR count). The van der Waals surface area contributed by atoms with Gasteiger partial charge in [0.1, 0.15) is 11.1 Å². The Morgan fingerprint density at radius 3 is 3.09 bits per heavy atom. The first kappa shape index (κ1) is 14.0. The Morgan fingerprint density at radius 1 is 1.35 bits per heavy atom. The van der Waals surface area contributed by atoms with E-state index >= 15 is 0 Å². The number of anilines is 1. The molecule has 23 heavy (non-hydrogen) atoms. The maximum absolute atomic E-state index is 12.4. The molecule has 0 saturated heterocycles. The zero-order chi connectivity index (χ0) is 15.8. The van der Waals surface area contributed by atoms with Gasteiger partial charge < -0.3 is 10.3 Å². The number of aromatic amines is 1. The van der Waals surface area contributed by atoms with Gasteiger partial charge in [-0.05, 0) is 36.5 Å². The van der Waals surface area contributed by atoms with Crippen molar-refractivity contribution in [2.24, 2.45) is 0 Å². The summed E-state index contributed by atoms with van der Waals surface area (Å²) < 4.78 is 0. The lowest BCUT2D eigenvalue weighted by atomic mass is 10.1. The van der Waals surface area contributed by atoms with Crippen LogP contribution in [0, 0.1) is 11.3 Å². The summed E-state index contributed by atoms with van der Waals surface area (Å²) in [4.78, 5) is 16.8. The lowest BCUT2D eigenvalue weighted by Crippen LogP contribution is -2.14. The number of hydrogen-bond acceptors (Lipinski definition) is 3. The molecule has 0 bridgehead atoms. The molecule has 4 nitrogen and oxygen atoms in total. The number of aryl methyl sites for hydroxylation is 1. The lowest BCUT2D eigenvalue weighted by Gasteiger charge is -2.03. The van der Waals surface area contributed by atoms with Crippen LogP contribution in [0.5, 0.6) is 0 Å². The number of fused-ring (bicyclic) bond motifs is 2. The van der Waals surface area contributed by atoms with E-state index in [-0.39, 0.29) is 5.91 Å². The number of thiophene rings is 1. The molecule has 0 saturated carbocycles. The standard InChI is InChI=1S/C18H15N3OS/c19-9-14-13-5-3-7-16(13)23-18(14)21-17(22)8-11-10-20-15-6-2-1-4-12(11)15/h1-2,4,6,10,20H,3,5,7-8H2,(H,21,22). The molecular weight excluding hydrogens is 306 g/mol. The number of benzene rings is 1. The van der Waals surface area contributed by atoms with Crippen molar-refractivity contribution < 1.29 is 4.79 Å². The van der Waals surface area contributed by atoms with Crippen molar-refractivity contribution in [3.8, 4) is 6.07 Å². The van der Waals surface area contributed by atoms with Crippen LogP contribution in [0.15, 0.2) is 30.5 Å². The summed E-state index contributed by atoms with van der Waals surface area (Å²) >= 11 is 1.56. The number of nitrogens with zero attached hydrogens (tertiary/aromatic N) is 1. The highest BCUT2D eigenvalue weighted by Gasteiger charge is 2.23. The normalized spacial score (nSPS) is 13.0. The number of hydrogen-bond donors (Lipinski definition) is 2. The average molecular weight is 321 g/mol. The SMILES string of the molecule is N#Cc1c(NC(=O)Cc2c[nH]c3ccccc23)sc2c1CCC2. The van der Waals surface area contributed by atoms with Gasteiger partial charge in [-0.25, -0.2) is 0 Å². The maximum Gasteiger partial charge on any atom is 0.229 e. The molecule has 114 valence electrons. The Balaban J connectivity index is 1.56. The largest absolute Gasteiger partial charge is 0.361 e. The molecule has 1 aliphatic carbocycles. The van der Waals surface area contributed by atoms with E-state index in [1.54, 1.807) is 11.3 Å². The van der Waals surface area contributed by atoms with E-state index in [2.05, 4.69) is 16.4 Å². The third-order valence-corrected chi connectivity index (χ3v) is 5.52. The molecule has 1 amide bonds. The molecule has 2 N–H and O–H groups in total. The first-order valence-electron chi connectivity index (χ1n) is 7.65. The van der Waals surface area contributed by atoms with Crippen molar-refractivity contribution in [2.45, 2.75) is 25.7 Å². The predicted molar refractivity (Wildman–Crippen MR) is 91.7 cm³/mol. The fourth-order valence-corrected chi connectivity index (χ4v) is 4.49. The van der Waals surface area contributed by atoms with Gasteiger partial charge in [0, 0.05) is 22.0 Å². The van der Waals surface area contributed by atoms with Gasteiger partial charge in [0.25, 0.3) is 0 Å². The number of carbonyl (C=O) groups is 1. The minimum absolute atomic E-state index is 0.0776. The number of aromatic nitrogens is 1. The second kappa shape index (κ2) is 5.56. The van der Waals surface area contributed by atoms with E-state index in [1.165, 1.54) is 4.88 Å². The van der Waals surface area contributed by atoms with Crippen LogP contribution in [-0.2, 0) is 24.1 Å². The Kier molecular flexibility index (Phi) is 3.40. The summed E-state index contributed by atoms with van der Waals surface area (Å²) in [6, 6.07) is 10.2. The summed E-state index contributed by atoms with van der Waals surface area (Å²) in [6.07, 6.45) is 5.26. The Labute approximate surface area is 137 Å². The second-order valence-electron chi connectivity index (χ2n) is 5.76. The highest BCUT2D eigenvalue weighted by molar-refractivity contribution is 7.16. The number of carbonyl (C=O) groups excluding carboxylic acids is 1. The van der Waals surface area contributed by atoms with Crippen LogP contribution in [0.2, 0.25) is 0 Å². The molecule has 3 aromatic rings. The quantitative estimate of drug-likeness (QED) is 0.771. The van der Waals surface area contributed by atoms with E-state index in [4.69, 9.17) is 0 Å². The van der Waals surface area contributed by atoms with Crippen LogP contribution in [0.1, 0.15) is 28.0 Å². The minimum Gasteiger partial charge on any atom is -0.361 e. The molecule has 5 heteroatoms. The molecule has 0 fully saturated rings. The number of H-pyrrole nitrogens is 1. The fraction of sp³-hybridized carbons (Fsp3) is 0.222. The first-order valence-corrected chi connectivity index (χ1v) is 8.47. The van der Waals surface area contributed by atoms with Crippen LogP contribution in [0.3, 0.4) is 0 Å². The minimum atomic E-state index is -0.0776. The number of rotatable bonds is 3. The Hall–Kier alpha value is -2.58. The van der Waals surface area contributed by atoms with Gasteiger partial charge in [-0.1, -0.05) is 18.2 Å². The molecule has 0 spiro atoms. The highest BCUT2D eigenvalue weighted by Crippen LogP contribution is 2.38. The van der Waals surface area contributed by atoms with Crippen LogP contribution in [0.4, 0.5) is 5.00 Å². The van der Waals surface area contributed by atoms with Gasteiger partial charge in [0.05, 0.1) is 12.0 Å². The third-order valence-electron chi connectivity index (χ3n) is 4.31. The van der Waals surface area contributed by atoms with Gasteiger partial charge in [0.2, 0.25) is 5.91 Å². The molecule has 1 aromatic carbocycles. The topological polar surface area (TPSA) is 68.7 Å². The summed E-state index contributed by atoms with van der Waals surface area (Å²) in [7, 11) is 0. The van der Waals surface area contributed by atoms with Gasteiger partial charge in [-0.2, -0.15) is 5.26 Å². The van der Waals surface area contributed by atoms with Crippen LogP contribution >= 0.6 is 11.3 Å². The molecule has 1 aliphatic rings. The number of nitrogens with one attached hydrogen (secondary N) is 2. The lowest BCUT2D eigenvalue weighted by molar-refractivity contribution is -0.115. The number of amides is 1. The van der Waals surface area contributed by atoms with E-state index in [0.717, 1.165) is 41.3 Å². The smallest absolute Gasteiger partial charge is 0.229 e. The third kappa shape index (κ3) is 2.41. The van der Waals surface area contributed by atoms with Crippen molar-refractivity contribution in [3.63, 3.8) is 0 Å². The van der Waals surface area contributed by atoms with Crippen molar-refractivity contribution in [1.29, 1.82) is 5.26 Å². The zero-order valence-corrected chi connectivity index (χ0v) is 13.3. The highest BCUT2D eigenvalue weighted by atomic mass is 32.1. The predicted octanol–water partition coefficient (Wildman–Crippen LogP) is 3.77. The van der Waals surface area contributed by atoms with E-state index < -0.39 is 0 Å². The average Bonchev–Trinajstić information content (AvgIpc) is 3.22. The summed E-state index contributed by atoms with van der Waals surface area (Å²) in [5.74, 6) is -0.0776. The number of nitriles is 1. The Bertz CT molecular complexity index is 945. The van der Waals surface area contributed by atoms with Crippen LogP contribution < -0.4 is 5.32 Å². The number of para-hydroxylation sites is 1. The van der Waals surface area contributed by atoms with Crippen molar-refractivity contribution in [3.05, 3.63) is 52.0 Å². The Morgan fingerprint density at radius 2 is 2.22 bits per heavy atom. The van der Waals surface area contributed by atoms with Gasteiger partial charge in [0.15, 0.2) is 0 Å². The van der Waals surface area contributed by atoms with Crippen molar-refractivity contribution >= 4 is 33.1 Å². The van der Waals surface area contributed by atoms with E-state index in [9.17, 15) is 10.1 Å². The van der Waals surface area contributed by atoms with Crippen molar-refractivity contribution in [1.82, 2.24) is 4.98 Å². The summed E-state index contributed by atoms with van der Waals surface area (Å²) in [6.45, 7) is 0.